The molecule has 1 fully saturated rings. The van der Waals surface area contributed by atoms with Crippen molar-refractivity contribution in [3.63, 3.8) is 0 Å². The normalized spacial score (nSPS) is 15.9. The molecule has 3 N–H and O–H groups in total. The van der Waals surface area contributed by atoms with Gasteiger partial charge in [0.15, 0.2) is 0 Å². The fraction of sp³-hybridized carbons (Fsp3) is 0.500. The van der Waals surface area contributed by atoms with Crippen molar-refractivity contribution in [2.45, 2.75) is 6.42 Å². The summed E-state index contributed by atoms with van der Waals surface area (Å²) in [7, 11) is 0. The third kappa shape index (κ3) is 4.37. The molecule has 0 atom stereocenters. The number of rotatable bonds is 5. The van der Waals surface area contributed by atoms with Gasteiger partial charge < -0.3 is 15.8 Å². The van der Waals surface area contributed by atoms with Crippen molar-refractivity contribution in [1.82, 2.24) is 10.2 Å². The zero-order valence-electron chi connectivity index (χ0n) is 11.7. The van der Waals surface area contributed by atoms with Gasteiger partial charge in [0.1, 0.15) is 11.6 Å². The monoisotopic (exact) mass is 299 g/mol. The SMILES string of the molecule is Nc1cc(C(=O)NCCCN2CCOCC2)c(F)cc1F. The quantitative estimate of drug-likeness (QED) is 0.629. The Bertz CT molecular complexity index is 505. The van der Waals surface area contributed by atoms with E-state index in [4.69, 9.17) is 10.5 Å². The molecule has 0 radical (unpaired) electrons. The van der Waals surface area contributed by atoms with Crippen molar-refractivity contribution >= 4 is 11.6 Å². The van der Waals surface area contributed by atoms with Crippen molar-refractivity contribution < 1.29 is 18.3 Å². The van der Waals surface area contributed by atoms with Crippen molar-refractivity contribution in [3.05, 3.63) is 29.3 Å². The zero-order chi connectivity index (χ0) is 15.2. The lowest BCUT2D eigenvalue weighted by molar-refractivity contribution is 0.0374. The highest BCUT2D eigenvalue weighted by atomic mass is 19.1. The van der Waals surface area contributed by atoms with E-state index in [1.165, 1.54) is 0 Å². The summed E-state index contributed by atoms with van der Waals surface area (Å²) < 4.78 is 31.8. The molecule has 1 saturated heterocycles. The molecule has 0 bridgehead atoms. The van der Waals surface area contributed by atoms with Crippen molar-refractivity contribution in [2.24, 2.45) is 0 Å². The Morgan fingerprint density at radius 3 is 2.71 bits per heavy atom. The Morgan fingerprint density at radius 2 is 2.00 bits per heavy atom. The smallest absolute Gasteiger partial charge is 0.254 e. The van der Waals surface area contributed by atoms with Crippen LogP contribution in [0.15, 0.2) is 12.1 Å². The highest BCUT2D eigenvalue weighted by Crippen LogP contribution is 2.16. The van der Waals surface area contributed by atoms with E-state index in [9.17, 15) is 13.6 Å². The summed E-state index contributed by atoms with van der Waals surface area (Å²) in [4.78, 5) is 14.1. The zero-order valence-corrected chi connectivity index (χ0v) is 11.7. The molecule has 1 heterocycles. The van der Waals surface area contributed by atoms with E-state index in [1.807, 2.05) is 0 Å². The number of amides is 1. The van der Waals surface area contributed by atoms with Gasteiger partial charge in [0.2, 0.25) is 0 Å². The number of carbonyl (C=O) groups is 1. The molecular weight excluding hydrogens is 280 g/mol. The van der Waals surface area contributed by atoms with E-state index >= 15 is 0 Å². The van der Waals surface area contributed by atoms with Crippen molar-refractivity contribution in [1.29, 1.82) is 0 Å². The van der Waals surface area contributed by atoms with E-state index in [-0.39, 0.29) is 11.3 Å². The van der Waals surface area contributed by atoms with Gasteiger partial charge in [-0.15, -0.1) is 0 Å². The van der Waals surface area contributed by atoms with Crippen LogP contribution in [0.5, 0.6) is 0 Å². The van der Waals surface area contributed by atoms with Crippen molar-refractivity contribution in [2.75, 3.05) is 45.1 Å². The Balaban J connectivity index is 1.78. The number of nitrogen functional groups attached to an aromatic ring is 1. The molecule has 1 aliphatic rings. The molecule has 1 amide bonds. The number of anilines is 1. The second-order valence-electron chi connectivity index (χ2n) is 4.92. The standard InChI is InChI=1S/C14H19F2N3O2/c15-11-9-12(16)13(17)8-10(11)14(20)18-2-1-3-19-4-6-21-7-5-19/h8-9H,1-7,17H2,(H,18,20). The molecule has 0 spiro atoms. The van der Waals surface area contributed by atoms with Crippen LogP contribution in [0.25, 0.3) is 0 Å². The summed E-state index contributed by atoms with van der Waals surface area (Å²) in [5.74, 6) is -2.36. The topological polar surface area (TPSA) is 67.6 Å². The van der Waals surface area contributed by atoms with E-state index in [2.05, 4.69) is 10.2 Å². The first-order chi connectivity index (χ1) is 10.1. The molecule has 1 aromatic rings. The lowest BCUT2D eigenvalue weighted by Crippen LogP contribution is -2.38. The number of nitrogens with two attached hydrogens (primary N) is 1. The maximum atomic E-state index is 13.5. The Morgan fingerprint density at radius 1 is 1.29 bits per heavy atom. The highest BCUT2D eigenvalue weighted by Gasteiger charge is 2.15. The summed E-state index contributed by atoms with van der Waals surface area (Å²) >= 11 is 0. The molecule has 0 saturated carbocycles. The van der Waals surface area contributed by atoms with Gasteiger partial charge in [0, 0.05) is 25.7 Å². The highest BCUT2D eigenvalue weighted by molar-refractivity contribution is 5.95. The number of halogens is 2. The van der Waals surface area contributed by atoms with Gasteiger partial charge in [-0.05, 0) is 19.0 Å². The third-order valence-corrected chi connectivity index (χ3v) is 3.37. The van der Waals surface area contributed by atoms with Crippen molar-refractivity contribution in [3.8, 4) is 0 Å². The molecule has 1 aromatic carbocycles. The number of carbonyl (C=O) groups excluding carboxylic acids is 1. The molecular formula is C14H19F2N3O2. The van der Waals surface area contributed by atoms with Gasteiger partial charge in [-0.25, -0.2) is 8.78 Å². The first-order valence-electron chi connectivity index (χ1n) is 6.91. The number of nitrogens with one attached hydrogen (secondary N) is 1. The van der Waals surface area contributed by atoms with Crippen LogP contribution in [-0.4, -0.2) is 50.2 Å². The maximum Gasteiger partial charge on any atom is 0.254 e. The molecule has 0 aliphatic carbocycles. The number of hydrogen-bond acceptors (Lipinski definition) is 4. The fourth-order valence-electron chi connectivity index (χ4n) is 2.16. The van der Waals surface area contributed by atoms with Crippen LogP contribution in [-0.2, 0) is 4.74 Å². The second kappa shape index (κ2) is 7.33. The van der Waals surface area contributed by atoms with Crippen LogP contribution in [0, 0.1) is 11.6 Å². The van der Waals surface area contributed by atoms with Gasteiger partial charge in [-0.1, -0.05) is 0 Å². The molecule has 7 heteroatoms. The second-order valence-corrected chi connectivity index (χ2v) is 4.92. The van der Waals surface area contributed by atoms with Gasteiger partial charge in [0.25, 0.3) is 5.91 Å². The summed E-state index contributed by atoms with van der Waals surface area (Å²) in [5, 5.41) is 2.61. The molecule has 1 aliphatic heterocycles. The number of benzene rings is 1. The summed E-state index contributed by atoms with van der Waals surface area (Å²) in [5.41, 5.74) is 4.86. The first-order valence-corrected chi connectivity index (χ1v) is 6.91. The first kappa shape index (κ1) is 15.7. The number of hydrogen-bond donors (Lipinski definition) is 2. The van der Waals surface area contributed by atoms with Crippen LogP contribution >= 0.6 is 0 Å². The van der Waals surface area contributed by atoms with E-state index < -0.39 is 17.5 Å². The van der Waals surface area contributed by atoms with Gasteiger partial charge >= 0.3 is 0 Å². The largest absolute Gasteiger partial charge is 0.396 e. The van der Waals surface area contributed by atoms with Crippen LogP contribution < -0.4 is 11.1 Å². The maximum absolute atomic E-state index is 13.5. The van der Waals surface area contributed by atoms with Gasteiger partial charge in [-0.2, -0.15) is 0 Å². The lowest BCUT2D eigenvalue weighted by atomic mass is 10.1. The molecule has 2 rings (SSSR count). The van der Waals surface area contributed by atoms with E-state index in [0.29, 0.717) is 12.6 Å². The average Bonchev–Trinajstić information content (AvgIpc) is 2.48. The minimum atomic E-state index is -0.910. The minimum Gasteiger partial charge on any atom is -0.396 e. The van der Waals surface area contributed by atoms with E-state index in [1.54, 1.807) is 0 Å². The predicted molar refractivity (Wildman–Crippen MR) is 75.0 cm³/mol. The number of morpholine rings is 1. The molecule has 21 heavy (non-hydrogen) atoms. The molecule has 5 nitrogen and oxygen atoms in total. The fourth-order valence-corrected chi connectivity index (χ4v) is 2.16. The molecule has 0 aromatic heterocycles. The van der Waals surface area contributed by atoms with Crippen LogP contribution in [0.4, 0.5) is 14.5 Å². The Hall–Kier alpha value is -1.73. The Labute approximate surface area is 122 Å². The van der Waals surface area contributed by atoms with Crippen LogP contribution in [0.1, 0.15) is 16.8 Å². The van der Waals surface area contributed by atoms with E-state index in [0.717, 1.165) is 45.3 Å². The van der Waals surface area contributed by atoms with Gasteiger partial charge in [0.05, 0.1) is 24.5 Å². The predicted octanol–water partition coefficient (Wildman–Crippen LogP) is 0.999. The summed E-state index contributed by atoms with van der Waals surface area (Å²) in [6, 6.07) is 1.64. The third-order valence-electron chi connectivity index (χ3n) is 3.37. The lowest BCUT2D eigenvalue weighted by Gasteiger charge is -2.26. The minimum absolute atomic E-state index is 0.236. The molecule has 116 valence electrons. The Kier molecular flexibility index (Phi) is 5.46. The van der Waals surface area contributed by atoms with Gasteiger partial charge in [-0.3, -0.25) is 9.69 Å². The summed E-state index contributed by atoms with van der Waals surface area (Å²) in [6.07, 6.45) is 0.754. The summed E-state index contributed by atoms with van der Waals surface area (Å²) in [6.45, 7) is 4.50. The van der Waals surface area contributed by atoms with Crippen LogP contribution in [0.3, 0.4) is 0 Å². The van der Waals surface area contributed by atoms with Crippen LogP contribution in [0.2, 0.25) is 0 Å². The molecule has 0 unspecified atom stereocenters. The number of nitrogens with zero attached hydrogens (tertiary/aromatic N) is 1. The number of ether oxygens (including phenoxy) is 1. The average molecular weight is 299 g/mol.